The van der Waals surface area contributed by atoms with Gasteiger partial charge in [0, 0.05) is 30.9 Å². The molecule has 2 atom stereocenters. The van der Waals surface area contributed by atoms with Gasteiger partial charge >= 0.3 is 0 Å². The first-order chi connectivity index (χ1) is 19.8. The van der Waals surface area contributed by atoms with Gasteiger partial charge in [0.05, 0.1) is 24.8 Å². The highest BCUT2D eigenvalue weighted by Gasteiger charge is 2.46. The summed E-state index contributed by atoms with van der Waals surface area (Å²) in [4.78, 5) is 32.7. The van der Waals surface area contributed by atoms with Gasteiger partial charge in [-0.15, -0.1) is 0 Å². The number of pyridine rings is 1. The van der Waals surface area contributed by atoms with E-state index in [0.29, 0.717) is 48.2 Å². The predicted octanol–water partition coefficient (Wildman–Crippen LogP) is 5.85. The minimum Gasteiger partial charge on any atom is -0.507 e. The molecule has 0 bridgehead atoms. The Hall–Kier alpha value is -4.33. The Morgan fingerprint density at radius 2 is 1.95 bits per heavy atom. The minimum absolute atomic E-state index is 0.0294. The van der Waals surface area contributed by atoms with E-state index in [1.165, 1.54) is 4.90 Å². The number of likely N-dealkylation sites (tertiary alicyclic amines) is 1. The average molecular weight is 557 g/mol. The van der Waals surface area contributed by atoms with Gasteiger partial charge in [-0.25, -0.2) is 0 Å². The molecule has 1 N–H and O–H groups in total. The Morgan fingerprint density at radius 1 is 1.12 bits per heavy atom. The molecule has 1 aromatic heterocycles. The number of fused-ring (bicyclic) bond motifs is 1. The molecule has 5 rings (SSSR count). The van der Waals surface area contributed by atoms with E-state index in [1.807, 2.05) is 32.0 Å². The molecule has 1 fully saturated rings. The zero-order valence-electron chi connectivity index (χ0n) is 23.9. The van der Waals surface area contributed by atoms with Crippen LogP contribution in [0.3, 0.4) is 0 Å². The maximum absolute atomic E-state index is 13.6. The molecule has 0 spiro atoms. The predicted molar refractivity (Wildman–Crippen MR) is 155 cm³/mol. The maximum Gasteiger partial charge on any atom is 0.295 e. The van der Waals surface area contributed by atoms with Crippen LogP contribution in [-0.2, 0) is 22.6 Å². The number of ether oxygens (including phenoxy) is 3. The van der Waals surface area contributed by atoms with Crippen LogP contribution >= 0.6 is 0 Å². The topological polar surface area (TPSA) is 98.2 Å². The summed E-state index contributed by atoms with van der Waals surface area (Å²) < 4.78 is 17.8. The van der Waals surface area contributed by atoms with Gasteiger partial charge in [-0.05, 0) is 79.3 Å². The van der Waals surface area contributed by atoms with Crippen LogP contribution in [0.25, 0.3) is 5.76 Å². The summed E-state index contributed by atoms with van der Waals surface area (Å²) in [5.74, 6) is 0.714. The van der Waals surface area contributed by atoms with Gasteiger partial charge in [-0.3, -0.25) is 14.6 Å². The smallest absolute Gasteiger partial charge is 0.295 e. The van der Waals surface area contributed by atoms with E-state index in [2.05, 4.69) is 18.8 Å². The SMILES string of the molecule is CCOc1cc([C@@H]2/C(=C(\O)c3ccc4c(c3)C[C@H](C)O4)C(=O)C(=O)N2Cc2cccnc2)ccc1OCCC(C)C. The zero-order valence-corrected chi connectivity index (χ0v) is 23.9. The van der Waals surface area contributed by atoms with Crippen LogP contribution in [-0.4, -0.2) is 46.0 Å². The summed E-state index contributed by atoms with van der Waals surface area (Å²) in [7, 11) is 0. The lowest BCUT2D eigenvalue weighted by Crippen LogP contribution is -2.29. The van der Waals surface area contributed by atoms with Crippen molar-refractivity contribution in [3.05, 3.63) is 88.8 Å². The van der Waals surface area contributed by atoms with Crippen molar-refractivity contribution in [2.75, 3.05) is 13.2 Å². The normalized spacial score (nSPS) is 19.4. The van der Waals surface area contributed by atoms with Crippen molar-refractivity contribution in [2.45, 2.75) is 59.2 Å². The van der Waals surface area contributed by atoms with Crippen molar-refractivity contribution in [2.24, 2.45) is 5.92 Å². The Morgan fingerprint density at radius 3 is 2.68 bits per heavy atom. The summed E-state index contributed by atoms with van der Waals surface area (Å²) in [5.41, 5.74) is 2.84. The van der Waals surface area contributed by atoms with E-state index in [4.69, 9.17) is 14.2 Å². The number of rotatable bonds is 10. The lowest BCUT2D eigenvalue weighted by molar-refractivity contribution is -0.140. The monoisotopic (exact) mass is 556 g/mol. The van der Waals surface area contributed by atoms with Crippen molar-refractivity contribution in [3.8, 4) is 17.2 Å². The van der Waals surface area contributed by atoms with Gasteiger partial charge in [0.25, 0.3) is 11.7 Å². The van der Waals surface area contributed by atoms with E-state index in [-0.39, 0.29) is 24.0 Å². The molecule has 0 unspecified atom stereocenters. The van der Waals surface area contributed by atoms with Crippen LogP contribution in [0.2, 0.25) is 0 Å². The second-order valence-corrected chi connectivity index (χ2v) is 10.9. The summed E-state index contributed by atoms with van der Waals surface area (Å²) in [5, 5.41) is 11.6. The number of aliphatic hydroxyl groups is 1. The number of Topliss-reactive ketones (excluding diaryl/α,β-unsaturated/α-hetero) is 1. The number of carbonyl (C=O) groups is 2. The van der Waals surface area contributed by atoms with Crippen molar-refractivity contribution >= 4 is 17.4 Å². The Kier molecular flexibility index (Phi) is 8.28. The molecular weight excluding hydrogens is 520 g/mol. The molecule has 2 aromatic carbocycles. The first-order valence-electron chi connectivity index (χ1n) is 14.1. The fourth-order valence-corrected chi connectivity index (χ4v) is 5.29. The van der Waals surface area contributed by atoms with Crippen LogP contribution in [0.1, 0.15) is 62.4 Å². The van der Waals surface area contributed by atoms with Crippen molar-refractivity contribution in [1.29, 1.82) is 0 Å². The fraction of sp³-hybridized carbons (Fsp3) is 0.364. The Labute approximate surface area is 240 Å². The van der Waals surface area contributed by atoms with Crippen LogP contribution < -0.4 is 14.2 Å². The van der Waals surface area contributed by atoms with E-state index in [1.54, 1.807) is 42.7 Å². The summed E-state index contributed by atoms with van der Waals surface area (Å²) in [6.07, 6.45) is 4.94. The summed E-state index contributed by atoms with van der Waals surface area (Å²) >= 11 is 0. The molecule has 8 heteroatoms. The second-order valence-electron chi connectivity index (χ2n) is 10.9. The van der Waals surface area contributed by atoms with Crippen molar-refractivity contribution < 1.29 is 28.9 Å². The fourth-order valence-electron chi connectivity index (χ4n) is 5.29. The van der Waals surface area contributed by atoms with Gasteiger partial charge in [0.1, 0.15) is 17.6 Å². The number of benzene rings is 2. The quantitative estimate of drug-likeness (QED) is 0.190. The van der Waals surface area contributed by atoms with Crippen molar-refractivity contribution in [3.63, 3.8) is 0 Å². The molecule has 3 aromatic rings. The van der Waals surface area contributed by atoms with Gasteiger partial charge < -0.3 is 24.2 Å². The van der Waals surface area contributed by atoms with E-state index in [9.17, 15) is 14.7 Å². The highest BCUT2D eigenvalue weighted by Crippen LogP contribution is 2.43. The second kappa shape index (κ2) is 12.0. The van der Waals surface area contributed by atoms with Gasteiger partial charge in [-0.2, -0.15) is 0 Å². The first-order valence-corrected chi connectivity index (χ1v) is 14.1. The molecule has 2 aliphatic rings. The highest BCUT2D eigenvalue weighted by atomic mass is 16.5. The lowest BCUT2D eigenvalue weighted by Gasteiger charge is -2.26. The van der Waals surface area contributed by atoms with Crippen LogP contribution in [0.4, 0.5) is 0 Å². The number of ketones is 1. The summed E-state index contributed by atoms with van der Waals surface area (Å²) in [6, 6.07) is 13.6. The summed E-state index contributed by atoms with van der Waals surface area (Å²) in [6.45, 7) is 9.23. The molecular formula is C33H36N2O6. The number of aliphatic hydroxyl groups excluding tert-OH is 1. The number of amides is 1. The molecule has 1 saturated heterocycles. The number of hydrogen-bond donors (Lipinski definition) is 1. The number of carbonyl (C=O) groups excluding carboxylic acids is 2. The Bertz CT molecular complexity index is 1470. The molecule has 1 amide bonds. The molecule has 214 valence electrons. The van der Waals surface area contributed by atoms with Crippen LogP contribution in [0.15, 0.2) is 66.5 Å². The van der Waals surface area contributed by atoms with E-state index >= 15 is 0 Å². The Balaban J connectivity index is 1.60. The highest BCUT2D eigenvalue weighted by molar-refractivity contribution is 6.46. The third-order valence-corrected chi connectivity index (χ3v) is 7.32. The standard InChI is InChI=1S/C33H36N2O6/c1-5-39-28-17-23(8-11-27(28)40-14-12-20(2)3)30-29(31(36)24-9-10-26-25(16-24)15-21(4)41-26)32(37)33(38)35(30)19-22-7-6-13-34-18-22/h6-11,13,16-18,20-21,30,36H,5,12,14-15,19H2,1-4H3/b31-29+/t21-,30+/m0/s1. The third-order valence-electron chi connectivity index (χ3n) is 7.32. The molecule has 8 nitrogen and oxygen atoms in total. The van der Waals surface area contributed by atoms with Gasteiger partial charge in [0.15, 0.2) is 11.5 Å². The molecule has 0 radical (unpaired) electrons. The lowest BCUT2D eigenvalue weighted by atomic mass is 9.94. The molecule has 2 aliphatic heterocycles. The average Bonchev–Trinajstić information content (AvgIpc) is 3.45. The number of aromatic nitrogens is 1. The molecule has 0 aliphatic carbocycles. The maximum atomic E-state index is 13.6. The van der Waals surface area contributed by atoms with E-state index in [0.717, 1.165) is 23.3 Å². The van der Waals surface area contributed by atoms with E-state index < -0.39 is 17.7 Å². The largest absolute Gasteiger partial charge is 0.507 e. The zero-order chi connectivity index (χ0) is 29.1. The molecule has 3 heterocycles. The van der Waals surface area contributed by atoms with Crippen LogP contribution in [0.5, 0.6) is 17.2 Å². The molecule has 41 heavy (non-hydrogen) atoms. The molecule has 0 saturated carbocycles. The van der Waals surface area contributed by atoms with Crippen molar-refractivity contribution in [1.82, 2.24) is 9.88 Å². The first kappa shape index (κ1) is 28.2. The van der Waals surface area contributed by atoms with Crippen LogP contribution in [0, 0.1) is 5.92 Å². The van der Waals surface area contributed by atoms with Gasteiger partial charge in [0.2, 0.25) is 0 Å². The van der Waals surface area contributed by atoms with Gasteiger partial charge in [-0.1, -0.05) is 26.0 Å². The number of nitrogens with zero attached hydrogens (tertiary/aromatic N) is 2. The third kappa shape index (κ3) is 5.92. The number of hydrogen-bond acceptors (Lipinski definition) is 7. The minimum atomic E-state index is -0.845.